The highest BCUT2D eigenvalue weighted by Gasteiger charge is 2.15. The van der Waals surface area contributed by atoms with Crippen molar-refractivity contribution in [1.29, 1.82) is 0 Å². The number of H-pyrrole nitrogens is 2. The number of nitrogens with zero attached hydrogens (tertiary/aromatic N) is 4. The number of nitrogens with two attached hydrogens (primary N) is 1. The highest BCUT2D eigenvalue weighted by Crippen LogP contribution is 2.33. The number of pyridine rings is 2. The summed E-state index contributed by atoms with van der Waals surface area (Å²) in [6.45, 7) is 4.36. The van der Waals surface area contributed by atoms with E-state index in [1.54, 1.807) is 6.20 Å². The van der Waals surface area contributed by atoms with Gasteiger partial charge in [0.15, 0.2) is 5.82 Å². The Kier molecular flexibility index (Phi) is 4.78. The third kappa shape index (κ3) is 3.71. The van der Waals surface area contributed by atoms with Crippen LogP contribution in [0, 0.1) is 5.95 Å². The van der Waals surface area contributed by atoms with E-state index in [-0.39, 0.29) is 0 Å². The Labute approximate surface area is 189 Å². The number of halogens is 1. The third-order valence-electron chi connectivity index (χ3n) is 6.19. The Morgan fingerprint density at radius 3 is 2.76 bits per heavy atom. The summed E-state index contributed by atoms with van der Waals surface area (Å²) in [5.74, 6) is -0.0125. The lowest BCUT2D eigenvalue weighted by molar-refractivity contribution is 0.230. The van der Waals surface area contributed by atoms with E-state index in [9.17, 15) is 4.39 Å². The molecule has 0 atom stereocenters. The van der Waals surface area contributed by atoms with Crippen molar-refractivity contribution in [3.05, 3.63) is 60.3 Å². The zero-order chi connectivity index (χ0) is 22.4. The van der Waals surface area contributed by atoms with E-state index < -0.39 is 5.95 Å². The monoisotopic (exact) mass is 442 g/mol. The molecule has 5 aromatic rings. The second-order valence-electron chi connectivity index (χ2n) is 8.37. The first-order valence-corrected chi connectivity index (χ1v) is 11.0. The van der Waals surface area contributed by atoms with Crippen molar-refractivity contribution in [2.24, 2.45) is 0 Å². The molecule has 0 amide bonds. The molecule has 5 N–H and O–H groups in total. The average molecular weight is 443 g/mol. The molecule has 1 fully saturated rings. The van der Waals surface area contributed by atoms with Gasteiger partial charge in [-0.05, 0) is 41.5 Å². The van der Waals surface area contributed by atoms with Crippen LogP contribution in [0.4, 0.5) is 10.2 Å². The van der Waals surface area contributed by atoms with Gasteiger partial charge >= 0.3 is 0 Å². The van der Waals surface area contributed by atoms with Crippen LogP contribution in [0.2, 0.25) is 0 Å². The quantitative estimate of drug-likeness (QED) is 0.318. The number of nitrogen functional groups attached to an aromatic ring is 1. The molecular weight excluding hydrogens is 419 g/mol. The molecule has 1 saturated heterocycles. The van der Waals surface area contributed by atoms with E-state index in [0.29, 0.717) is 12.4 Å². The maximum atomic E-state index is 14.4. The number of benzene rings is 1. The number of piperazine rings is 1. The smallest absolute Gasteiger partial charge is 0.213 e. The molecule has 4 aromatic heterocycles. The van der Waals surface area contributed by atoms with Crippen LogP contribution in [0.5, 0.6) is 0 Å². The summed E-state index contributed by atoms with van der Waals surface area (Å²) in [7, 11) is 0. The molecule has 0 bridgehead atoms. The van der Waals surface area contributed by atoms with Crippen LogP contribution in [0.15, 0.2) is 48.7 Å². The lowest BCUT2D eigenvalue weighted by Gasteiger charge is -2.26. The molecule has 0 unspecified atom stereocenters. The molecule has 1 aromatic carbocycles. The highest BCUT2D eigenvalue weighted by molar-refractivity contribution is 5.99. The van der Waals surface area contributed by atoms with Gasteiger partial charge in [0.1, 0.15) is 5.65 Å². The van der Waals surface area contributed by atoms with Crippen LogP contribution in [0.25, 0.3) is 44.3 Å². The largest absolute Gasteiger partial charge is 0.382 e. The van der Waals surface area contributed by atoms with E-state index in [2.05, 4.69) is 35.4 Å². The van der Waals surface area contributed by atoms with Crippen molar-refractivity contribution in [3.63, 3.8) is 0 Å². The van der Waals surface area contributed by atoms with Gasteiger partial charge < -0.3 is 16.0 Å². The van der Waals surface area contributed by atoms with Crippen LogP contribution >= 0.6 is 0 Å². The van der Waals surface area contributed by atoms with Gasteiger partial charge in [0.05, 0.1) is 11.2 Å². The zero-order valence-corrected chi connectivity index (χ0v) is 17.9. The molecule has 1 aliphatic heterocycles. The molecular formula is C24H23FN8. The fourth-order valence-electron chi connectivity index (χ4n) is 4.52. The van der Waals surface area contributed by atoms with Crippen molar-refractivity contribution < 1.29 is 4.39 Å². The standard InChI is InChI=1S/C24H23FN8/c25-22-11-15(9-16(29-22)13-33-7-5-27-6-8-33)21-12-18-17(3-4-28-24(18)30-21)14-1-2-20-19(10-14)23(26)32-31-20/h1-4,9-12,27H,5-8,13H2,(H,28,30)(H3,26,31,32). The molecule has 0 radical (unpaired) electrons. The van der Waals surface area contributed by atoms with Crippen molar-refractivity contribution in [2.75, 3.05) is 31.9 Å². The van der Waals surface area contributed by atoms with Gasteiger partial charge in [-0.3, -0.25) is 10.00 Å². The Morgan fingerprint density at radius 2 is 1.88 bits per heavy atom. The van der Waals surface area contributed by atoms with E-state index in [0.717, 1.165) is 76.2 Å². The van der Waals surface area contributed by atoms with Gasteiger partial charge in [0.2, 0.25) is 5.95 Å². The van der Waals surface area contributed by atoms with Gasteiger partial charge in [0, 0.05) is 67.0 Å². The Morgan fingerprint density at radius 1 is 1.00 bits per heavy atom. The number of anilines is 1. The predicted octanol–water partition coefficient (Wildman–Crippen LogP) is 3.29. The highest BCUT2D eigenvalue weighted by atomic mass is 19.1. The zero-order valence-electron chi connectivity index (χ0n) is 17.9. The molecule has 1 aliphatic rings. The lowest BCUT2D eigenvalue weighted by atomic mass is 10.0. The molecule has 166 valence electrons. The summed E-state index contributed by atoms with van der Waals surface area (Å²) in [5.41, 5.74) is 11.9. The molecule has 5 heterocycles. The summed E-state index contributed by atoms with van der Waals surface area (Å²) >= 11 is 0. The molecule has 8 nitrogen and oxygen atoms in total. The number of hydrogen-bond donors (Lipinski definition) is 4. The first kappa shape index (κ1) is 19.8. The maximum absolute atomic E-state index is 14.4. The normalized spacial score (nSPS) is 14.9. The van der Waals surface area contributed by atoms with Gasteiger partial charge in [-0.1, -0.05) is 6.07 Å². The Bertz CT molecular complexity index is 1460. The molecule has 0 aliphatic carbocycles. The second kappa shape index (κ2) is 7.95. The maximum Gasteiger partial charge on any atom is 0.213 e. The van der Waals surface area contributed by atoms with E-state index >= 15 is 0 Å². The van der Waals surface area contributed by atoms with Gasteiger partial charge in [-0.25, -0.2) is 9.97 Å². The van der Waals surface area contributed by atoms with Crippen LogP contribution in [0.3, 0.4) is 0 Å². The summed E-state index contributed by atoms with van der Waals surface area (Å²) in [5, 5.41) is 12.2. The minimum Gasteiger partial charge on any atom is -0.382 e. The summed E-state index contributed by atoms with van der Waals surface area (Å²) in [6.07, 6.45) is 1.77. The van der Waals surface area contributed by atoms with Crippen LogP contribution in [-0.2, 0) is 6.54 Å². The van der Waals surface area contributed by atoms with E-state index in [1.807, 2.05) is 36.4 Å². The fourth-order valence-corrected chi connectivity index (χ4v) is 4.52. The lowest BCUT2D eigenvalue weighted by Crippen LogP contribution is -2.43. The second-order valence-corrected chi connectivity index (χ2v) is 8.37. The first-order valence-electron chi connectivity index (χ1n) is 11.0. The van der Waals surface area contributed by atoms with Crippen molar-refractivity contribution in [2.45, 2.75) is 6.54 Å². The average Bonchev–Trinajstić information content (AvgIpc) is 3.43. The van der Waals surface area contributed by atoms with Gasteiger partial charge in [-0.15, -0.1) is 0 Å². The Balaban J connectivity index is 1.39. The SMILES string of the molecule is Nc1n[nH]c2ccc(-c3ccnc4[nH]c(-c5cc(F)nc(CN6CCNCC6)c5)cc34)cc12. The first-order chi connectivity index (χ1) is 16.1. The summed E-state index contributed by atoms with van der Waals surface area (Å²) in [4.78, 5) is 14.3. The minimum absolute atomic E-state index is 0.469. The summed E-state index contributed by atoms with van der Waals surface area (Å²) in [6, 6.07) is 13.4. The number of rotatable bonds is 4. The van der Waals surface area contributed by atoms with Gasteiger partial charge in [0.25, 0.3) is 0 Å². The van der Waals surface area contributed by atoms with Crippen LogP contribution in [-0.4, -0.2) is 56.2 Å². The molecule has 0 spiro atoms. The third-order valence-corrected chi connectivity index (χ3v) is 6.19. The Hall–Kier alpha value is -3.82. The number of hydrogen-bond acceptors (Lipinski definition) is 6. The molecule has 9 heteroatoms. The summed E-state index contributed by atoms with van der Waals surface area (Å²) < 4.78 is 14.4. The molecule has 33 heavy (non-hydrogen) atoms. The topological polar surface area (TPSA) is 112 Å². The van der Waals surface area contributed by atoms with Crippen molar-refractivity contribution in [1.82, 2.24) is 35.4 Å². The van der Waals surface area contributed by atoms with Crippen LogP contribution in [0.1, 0.15) is 5.69 Å². The number of fused-ring (bicyclic) bond motifs is 2. The number of aromatic amines is 2. The predicted molar refractivity (Wildman–Crippen MR) is 127 cm³/mol. The van der Waals surface area contributed by atoms with Crippen molar-refractivity contribution >= 4 is 27.8 Å². The minimum atomic E-state index is -0.481. The van der Waals surface area contributed by atoms with Crippen LogP contribution < -0.4 is 11.1 Å². The van der Waals surface area contributed by atoms with E-state index in [1.165, 1.54) is 6.07 Å². The number of nitrogens with one attached hydrogen (secondary N) is 3. The molecule has 6 rings (SSSR count). The fraction of sp³-hybridized carbons (Fsp3) is 0.208. The van der Waals surface area contributed by atoms with Crippen molar-refractivity contribution in [3.8, 4) is 22.4 Å². The van der Waals surface area contributed by atoms with Gasteiger partial charge in [-0.2, -0.15) is 9.49 Å². The number of aromatic nitrogens is 5. The molecule has 0 saturated carbocycles. The van der Waals surface area contributed by atoms with E-state index in [4.69, 9.17) is 5.73 Å².